The first-order valence-electron chi connectivity index (χ1n) is 4.29. The molecule has 0 bridgehead atoms. The second-order valence-corrected chi connectivity index (χ2v) is 5.94. The average molecular weight is 208 g/mol. The van der Waals surface area contributed by atoms with Gasteiger partial charge in [0.2, 0.25) is 0 Å². The van der Waals surface area contributed by atoms with Gasteiger partial charge in [-0.15, -0.1) is 0 Å². The van der Waals surface area contributed by atoms with Gasteiger partial charge in [0.25, 0.3) is 0 Å². The number of carboxylic acid groups (broad SMARTS) is 1. The van der Waals surface area contributed by atoms with Crippen LogP contribution < -0.4 is 0 Å². The Hall–Kier alpha value is -0.580. The van der Waals surface area contributed by atoms with Crippen LogP contribution in [0.2, 0.25) is 0 Å². The molecule has 0 radical (unpaired) electrons. The zero-order chi connectivity index (χ0) is 10.5. The number of carboxylic acids is 1. The molecule has 0 aliphatic rings. The molecule has 13 heavy (non-hydrogen) atoms. The lowest BCUT2D eigenvalue weighted by molar-refractivity contribution is -0.137. The fourth-order valence-corrected chi connectivity index (χ4v) is 1.89. The van der Waals surface area contributed by atoms with Crippen LogP contribution in [0.15, 0.2) is 0 Å². The summed E-state index contributed by atoms with van der Waals surface area (Å²) >= 11 is 0. The summed E-state index contributed by atoms with van der Waals surface area (Å²) in [4.78, 5) is 10.1. The third kappa shape index (κ3) is 5.63. The summed E-state index contributed by atoms with van der Waals surface area (Å²) in [5, 5.41) is 7.94. The normalized spacial score (nSPS) is 11.9. The summed E-state index contributed by atoms with van der Waals surface area (Å²) in [7, 11) is -2.99. The highest BCUT2D eigenvalue weighted by Crippen LogP contribution is 2.05. The molecule has 0 aliphatic heterocycles. The minimum Gasteiger partial charge on any atom is -0.481 e. The first-order valence-corrected chi connectivity index (χ1v) is 6.01. The maximum Gasteiger partial charge on any atom is 0.303 e. The van der Waals surface area contributed by atoms with E-state index in [0.29, 0.717) is 12.8 Å². The Balaban J connectivity index is 3.72. The van der Waals surface area contributed by atoms with Gasteiger partial charge in [-0.25, -0.2) is 8.42 Å². The number of aliphatic carboxylic acids is 1. The van der Waals surface area contributed by atoms with Crippen molar-refractivity contribution in [2.24, 2.45) is 0 Å². The van der Waals surface area contributed by atoms with Gasteiger partial charge in [0.1, 0.15) is 0 Å². The molecule has 78 valence electrons. The molecule has 0 unspecified atom stereocenters. The first kappa shape index (κ1) is 12.4. The van der Waals surface area contributed by atoms with Gasteiger partial charge in [-0.1, -0.05) is 0 Å². The Kier molecular flexibility index (Phi) is 4.98. The monoisotopic (exact) mass is 208 g/mol. The van der Waals surface area contributed by atoms with Crippen molar-refractivity contribution in [3.8, 4) is 0 Å². The van der Waals surface area contributed by atoms with Crippen LogP contribution in [0, 0.1) is 0 Å². The Morgan fingerprint density at radius 2 is 1.85 bits per heavy atom. The SMILES string of the molecule is CC(C)S(=O)(=O)CCCCC(=O)O. The van der Waals surface area contributed by atoms with E-state index in [-0.39, 0.29) is 17.4 Å². The molecular formula is C8H16O4S. The molecule has 4 nitrogen and oxygen atoms in total. The first-order chi connectivity index (χ1) is 5.86. The van der Waals surface area contributed by atoms with Gasteiger partial charge < -0.3 is 5.11 Å². The van der Waals surface area contributed by atoms with E-state index in [4.69, 9.17) is 5.11 Å². The van der Waals surface area contributed by atoms with Crippen LogP contribution in [0.5, 0.6) is 0 Å². The predicted octanol–water partition coefficient (Wildman–Crippen LogP) is 1.06. The van der Waals surface area contributed by atoms with Gasteiger partial charge in [0.15, 0.2) is 9.84 Å². The standard InChI is InChI=1S/C8H16O4S/c1-7(2)13(11,12)6-4-3-5-8(9)10/h7H,3-6H2,1-2H3,(H,9,10). The highest BCUT2D eigenvalue weighted by molar-refractivity contribution is 7.91. The maximum absolute atomic E-state index is 11.2. The number of hydrogen-bond donors (Lipinski definition) is 1. The van der Waals surface area contributed by atoms with Crippen LogP contribution in [-0.2, 0) is 14.6 Å². The van der Waals surface area contributed by atoms with Gasteiger partial charge in [0, 0.05) is 6.42 Å². The quantitative estimate of drug-likeness (QED) is 0.663. The average Bonchev–Trinajstić information content (AvgIpc) is 1.97. The molecule has 5 heteroatoms. The van der Waals surface area contributed by atoms with Crippen LogP contribution in [0.3, 0.4) is 0 Å². The van der Waals surface area contributed by atoms with Crippen molar-refractivity contribution in [2.45, 2.75) is 38.4 Å². The fourth-order valence-electron chi connectivity index (χ4n) is 0.815. The molecule has 1 N–H and O–H groups in total. The largest absolute Gasteiger partial charge is 0.481 e. The van der Waals surface area contributed by atoms with E-state index in [2.05, 4.69) is 0 Å². The molecule has 0 amide bonds. The minimum absolute atomic E-state index is 0.0492. The van der Waals surface area contributed by atoms with Crippen molar-refractivity contribution in [2.75, 3.05) is 5.75 Å². The number of hydrogen-bond acceptors (Lipinski definition) is 3. The molecule has 0 heterocycles. The van der Waals surface area contributed by atoms with Crippen LogP contribution >= 0.6 is 0 Å². The zero-order valence-corrected chi connectivity index (χ0v) is 8.80. The Morgan fingerprint density at radius 1 is 1.31 bits per heavy atom. The Bertz CT molecular complexity index is 253. The molecule has 0 aliphatic carbocycles. The van der Waals surface area contributed by atoms with Gasteiger partial charge in [-0.05, 0) is 26.7 Å². The topological polar surface area (TPSA) is 71.4 Å². The molecule has 0 aromatic carbocycles. The van der Waals surface area contributed by atoms with Gasteiger partial charge in [0.05, 0.1) is 11.0 Å². The van der Waals surface area contributed by atoms with E-state index in [0.717, 1.165) is 0 Å². The van der Waals surface area contributed by atoms with Crippen LogP contribution in [-0.4, -0.2) is 30.5 Å². The van der Waals surface area contributed by atoms with Gasteiger partial charge >= 0.3 is 5.97 Å². The van der Waals surface area contributed by atoms with E-state index in [1.165, 1.54) is 0 Å². The van der Waals surface area contributed by atoms with Crippen LogP contribution in [0.1, 0.15) is 33.1 Å². The second-order valence-electron chi connectivity index (χ2n) is 3.27. The van der Waals surface area contributed by atoms with Crippen molar-refractivity contribution in [3.63, 3.8) is 0 Å². The molecule has 0 atom stereocenters. The molecule has 0 fully saturated rings. The van der Waals surface area contributed by atoms with E-state index >= 15 is 0 Å². The van der Waals surface area contributed by atoms with E-state index in [1.807, 2.05) is 0 Å². The van der Waals surface area contributed by atoms with Crippen molar-refractivity contribution < 1.29 is 18.3 Å². The number of rotatable bonds is 6. The van der Waals surface area contributed by atoms with E-state index in [1.54, 1.807) is 13.8 Å². The molecule has 0 aromatic heterocycles. The molecule has 0 spiro atoms. The van der Waals surface area contributed by atoms with Crippen molar-refractivity contribution in [1.29, 1.82) is 0 Å². The lowest BCUT2D eigenvalue weighted by atomic mass is 10.2. The number of sulfone groups is 1. The molecular weight excluding hydrogens is 192 g/mol. The van der Waals surface area contributed by atoms with Crippen molar-refractivity contribution in [3.05, 3.63) is 0 Å². The predicted molar refractivity (Wildman–Crippen MR) is 50.4 cm³/mol. The lowest BCUT2D eigenvalue weighted by Gasteiger charge is -2.05. The minimum atomic E-state index is -2.99. The summed E-state index contributed by atoms with van der Waals surface area (Å²) in [6.07, 6.45) is 0.918. The highest BCUT2D eigenvalue weighted by Gasteiger charge is 2.15. The van der Waals surface area contributed by atoms with E-state index < -0.39 is 15.8 Å². The van der Waals surface area contributed by atoms with E-state index in [9.17, 15) is 13.2 Å². The van der Waals surface area contributed by atoms with Crippen molar-refractivity contribution in [1.82, 2.24) is 0 Å². The molecule has 0 saturated heterocycles. The number of carbonyl (C=O) groups is 1. The summed E-state index contributed by atoms with van der Waals surface area (Å²) in [6, 6.07) is 0. The van der Waals surface area contributed by atoms with Gasteiger partial charge in [-0.3, -0.25) is 4.79 Å². The molecule has 0 saturated carbocycles. The maximum atomic E-state index is 11.2. The van der Waals surface area contributed by atoms with Gasteiger partial charge in [-0.2, -0.15) is 0 Å². The second kappa shape index (κ2) is 5.21. The molecule has 0 aromatic rings. The lowest BCUT2D eigenvalue weighted by Crippen LogP contribution is -2.17. The Morgan fingerprint density at radius 3 is 2.23 bits per heavy atom. The van der Waals surface area contributed by atoms with Crippen LogP contribution in [0.25, 0.3) is 0 Å². The summed E-state index contributed by atoms with van der Waals surface area (Å²) in [5.74, 6) is -0.778. The summed E-state index contributed by atoms with van der Waals surface area (Å²) in [5.41, 5.74) is 0. The highest BCUT2D eigenvalue weighted by atomic mass is 32.2. The fraction of sp³-hybridized carbons (Fsp3) is 0.875. The Labute approximate surface area is 78.9 Å². The zero-order valence-electron chi connectivity index (χ0n) is 7.99. The van der Waals surface area contributed by atoms with Crippen LogP contribution in [0.4, 0.5) is 0 Å². The summed E-state index contributed by atoms with van der Waals surface area (Å²) in [6.45, 7) is 3.26. The molecule has 0 rings (SSSR count). The number of unbranched alkanes of at least 4 members (excludes halogenated alkanes) is 1. The summed E-state index contributed by atoms with van der Waals surface area (Å²) < 4.78 is 22.5. The third-order valence-electron chi connectivity index (χ3n) is 1.79. The smallest absolute Gasteiger partial charge is 0.303 e. The third-order valence-corrected chi connectivity index (χ3v) is 4.08. The van der Waals surface area contributed by atoms with Crippen molar-refractivity contribution >= 4 is 15.8 Å².